The molecule has 1 amide bonds. The van der Waals surface area contributed by atoms with E-state index in [-0.39, 0.29) is 28.1 Å². The smallest absolute Gasteiger partial charge is 0.273 e. The number of halogens is 1. The van der Waals surface area contributed by atoms with Gasteiger partial charge in [0.2, 0.25) is 0 Å². The van der Waals surface area contributed by atoms with Crippen LogP contribution >= 0.6 is 11.6 Å². The lowest BCUT2D eigenvalue weighted by molar-refractivity contribution is 0.0934. The Morgan fingerprint density at radius 1 is 1.24 bits per heavy atom. The second-order valence-corrected chi connectivity index (χ2v) is 7.50. The van der Waals surface area contributed by atoms with Crippen molar-refractivity contribution < 1.29 is 4.79 Å². The Hall–Kier alpha value is -2.40. The molecule has 0 fully saturated rings. The Labute approximate surface area is 152 Å². The van der Waals surface area contributed by atoms with Gasteiger partial charge in [-0.2, -0.15) is 5.10 Å². The van der Waals surface area contributed by atoms with Crippen LogP contribution in [0.1, 0.15) is 55.4 Å². The van der Waals surface area contributed by atoms with Gasteiger partial charge in [-0.3, -0.25) is 4.79 Å². The highest BCUT2D eigenvalue weighted by atomic mass is 35.5. The highest BCUT2D eigenvalue weighted by molar-refractivity contribution is 6.36. The fourth-order valence-electron chi connectivity index (χ4n) is 2.62. The number of hydrogen-bond donors (Lipinski definition) is 1. The van der Waals surface area contributed by atoms with Crippen LogP contribution in [-0.2, 0) is 5.41 Å². The van der Waals surface area contributed by atoms with Crippen molar-refractivity contribution in [2.24, 2.45) is 0 Å². The number of nitrogens with zero attached hydrogens (tertiary/aromatic N) is 3. The molecule has 3 aromatic rings. The molecule has 0 unspecified atom stereocenters. The number of hydrogen-bond acceptors (Lipinski definition) is 3. The van der Waals surface area contributed by atoms with Crippen molar-refractivity contribution in [3.63, 3.8) is 0 Å². The van der Waals surface area contributed by atoms with E-state index in [1.165, 1.54) is 10.1 Å². The molecule has 1 aromatic carbocycles. The fourth-order valence-corrected chi connectivity index (χ4v) is 2.88. The second-order valence-electron chi connectivity index (χ2n) is 7.12. The molecule has 0 aliphatic heterocycles. The third-order valence-electron chi connectivity index (χ3n) is 4.18. The van der Waals surface area contributed by atoms with Gasteiger partial charge < -0.3 is 5.32 Å². The van der Waals surface area contributed by atoms with E-state index < -0.39 is 0 Å². The molecule has 130 valence electrons. The maximum Gasteiger partial charge on any atom is 0.273 e. The molecule has 2 heterocycles. The van der Waals surface area contributed by atoms with Crippen LogP contribution in [0.5, 0.6) is 0 Å². The minimum atomic E-state index is -0.317. The molecule has 0 saturated carbocycles. The summed E-state index contributed by atoms with van der Waals surface area (Å²) in [7, 11) is 0. The molecule has 3 rings (SSSR count). The number of carbonyl (C=O) groups excluding carboxylic acids is 1. The van der Waals surface area contributed by atoms with Gasteiger partial charge in [-0.1, -0.05) is 56.6 Å². The van der Waals surface area contributed by atoms with Crippen molar-refractivity contribution in [3.05, 3.63) is 64.6 Å². The number of aromatic nitrogens is 3. The SMILES string of the molecule is C[C@H](NC(=O)c1nn2cccnc2c1Cl)c1ccc(C(C)(C)C)cc1. The van der Waals surface area contributed by atoms with Crippen LogP contribution in [0.2, 0.25) is 5.02 Å². The van der Waals surface area contributed by atoms with E-state index in [2.05, 4.69) is 48.3 Å². The van der Waals surface area contributed by atoms with Gasteiger partial charge in [0.1, 0.15) is 5.02 Å². The first-order chi connectivity index (χ1) is 11.8. The zero-order valence-electron chi connectivity index (χ0n) is 14.7. The largest absolute Gasteiger partial charge is 0.344 e. The standard InChI is InChI=1S/C19H21ClN4O/c1-12(13-6-8-14(9-7-13)19(2,3)4)22-18(25)16-15(20)17-21-10-5-11-24(17)23-16/h5-12H,1-4H3,(H,22,25)/t12-/m0/s1. The lowest BCUT2D eigenvalue weighted by atomic mass is 9.86. The van der Waals surface area contributed by atoms with Crippen molar-refractivity contribution >= 4 is 23.2 Å². The molecule has 25 heavy (non-hydrogen) atoms. The molecule has 1 N–H and O–H groups in total. The van der Waals surface area contributed by atoms with Gasteiger partial charge in [0, 0.05) is 12.4 Å². The number of rotatable bonds is 3. The summed E-state index contributed by atoms with van der Waals surface area (Å²) in [6, 6.07) is 9.85. The van der Waals surface area contributed by atoms with Gasteiger partial charge >= 0.3 is 0 Å². The highest BCUT2D eigenvalue weighted by Gasteiger charge is 2.21. The molecule has 1 atom stereocenters. The summed E-state index contributed by atoms with van der Waals surface area (Å²) in [5, 5.41) is 7.42. The predicted molar refractivity (Wildman–Crippen MR) is 99.0 cm³/mol. The molecule has 0 spiro atoms. The number of nitrogens with one attached hydrogen (secondary N) is 1. The summed E-state index contributed by atoms with van der Waals surface area (Å²) in [5.41, 5.74) is 3.03. The Bertz CT molecular complexity index is 909. The number of benzene rings is 1. The summed E-state index contributed by atoms with van der Waals surface area (Å²) in [6.07, 6.45) is 3.32. The molecule has 6 heteroatoms. The van der Waals surface area contributed by atoms with Gasteiger partial charge in [0.25, 0.3) is 5.91 Å². The molecule has 2 aromatic heterocycles. The molecule has 0 radical (unpaired) electrons. The summed E-state index contributed by atoms with van der Waals surface area (Å²) in [5.74, 6) is -0.317. The first kappa shape index (κ1) is 17.4. The van der Waals surface area contributed by atoms with Gasteiger partial charge in [0.15, 0.2) is 11.3 Å². The number of amides is 1. The van der Waals surface area contributed by atoms with Gasteiger partial charge in [-0.05, 0) is 29.5 Å². The summed E-state index contributed by atoms with van der Waals surface area (Å²) < 4.78 is 1.50. The van der Waals surface area contributed by atoms with E-state index in [1.54, 1.807) is 18.5 Å². The van der Waals surface area contributed by atoms with E-state index in [9.17, 15) is 4.79 Å². The summed E-state index contributed by atoms with van der Waals surface area (Å²) in [6.45, 7) is 8.46. The van der Waals surface area contributed by atoms with Crippen molar-refractivity contribution in [2.75, 3.05) is 0 Å². The molecular weight excluding hydrogens is 336 g/mol. The van der Waals surface area contributed by atoms with Crippen LogP contribution < -0.4 is 5.32 Å². The molecule has 0 aliphatic rings. The highest BCUT2D eigenvalue weighted by Crippen LogP contribution is 2.25. The van der Waals surface area contributed by atoms with Crippen molar-refractivity contribution in [3.8, 4) is 0 Å². The molecule has 5 nitrogen and oxygen atoms in total. The van der Waals surface area contributed by atoms with E-state index in [0.717, 1.165) is 5.56 Å². The lowest BCUT2D eigenvalue weighted by Gasteiger charge is -2.20. The lowest BCUT2D eigenvalue weighted by Crippen LogP contribution is -2.27. The summed E-state index contributed by atoms with van der Waals surface area (Å²) >= 11 is 6.25. The quantitative estimate of drug-likeness (QED) is 0.766. The topological polar surface area (TPSA) is 59.3 Å². The van der Waals surface area contributed by atoms with E-state index in [0.29, 0.717) is 5.65 Å². The number of carbonyl (C=O) groups is 1. The van der Waals surface area contributed by atoms with Gasteiger partial charge in [-0.25, -0.2) is 9.50 Å². The number of fused-ring (bicyclic) bond motifs is 1. The summed E-state index contributed by atoms with van der Waals surface area (Å²) in [4.78, 5) is 16.7. The third kappa shape index (κ3) is 3.51. The molecule has 0 aliphatic carbocycles. The first-order valence-electron chi connectivity index (χ1n) is 8.17. The Kier molecular flexibility index (Phi) is 4.52. The fraction of sp³-hybridized carbons (Fsp3) is 0.316. The van der Waals surface area contributed by atoms with Crippen LogP contribution in [0.25, 0.3) is 5.65 Å². The average Bonchev–Trinajstić information content (AvgIpc) is 2.91. The minimum absolute atomic E-state index is 0.0993. The normalized spacial score (nSPS) is 13.0. The minimum Gasteiger partial charge on any atom is -0.344 e. The molecule has 0 bridgehead atoms. The monoisotopic (exact) mass is 356 g/mol. The van der Waals surface area contributed by atoms with Crippen molar-refractivity contribution in [2.45, 2.75) is 39.2 Å². The zero-order valence-corrected chi connectivity index (χ0v) is 15.5. The third-order valence-corrected chi connectivity index (χ3v) is 4.53. The Balaban J connectivity index is 1.79. The van der Waals surface area contributed by atoms with Gasteiger partial charge in [-0.15, -0.1) is 0 Å². The van der Waals surface area contributed by atoms with Crippen LogP contribution in [0.3, 0.4) is 0 Å². The van der Waals surface area contributed by atoms with Crippen LogP contribution in [0.15, 0.2) is 42.7 Å². The van der Waals surface area contributed by atoms with E-state index in [4.69, 9.17) is 11.6 Å². The van der Waals surface area contributed by atoms with E-state index in [1.807, 2.05) is 19.1 Å². The van der Waals surface area contributed by atoms with Crippen LogP contribution in [-0.4, -0.2) is 20.5 Å². The van der Waals surface area contributed by atoms with Crippen LogP contribution in [0, 0.1) is 0 Å². The zero-order chi connectivity index (χ0) is 18.2. The average molecular weight is 357 g/mol. The molecular formula is C19H21ClN4O. The van der Waals surface area contributed by atoms with Crippen LogP contribution in [0.4, 0.5) is 0 Å². The second kappa shape index (κ2) is 6.48. The maximum absolute atomic E-state index is 12.5. The van der Waals surface area contributed by atoms with Crippen molar-refractivity contribution in [1.29, 1.82) is 0 Å². The molecule has 0 saturated heterocycles. The Morgan fingerprint density at radius 3 is 2.52 bits per heavy atom. The Morgan fingerprint density at radius 2 is 1.92 bits per heavy atom. The first-order valence-corrected chi connectivity index (χ1v) is 8.55. The maximum atomic E-state index is 12.5. The predicted octanol–water partition coefficient (Wildman–Crippen LogP) is 4.17. The van der Waals surface area contributed by atoms with Gasteiger partial charge in [0.05, 0.1) is 6.04 Å². The van der Waals surface area contributed by atoms with E-state index >= 15 is 0 Å². The van der Waals surface area contributed by atoms with Crippen molar-refractivity contribution in [1.82, 2.24) is 19.9 Å².